The van der Waals surface area contributed by atoms with Gasteiger partial charge < -0.3 is 28.5 Å². The first-order valence-corrected chi connectivity index (χ1v) is 6.04. The highest BCUT2D eigenvalue weighted by Gasteiger charge is 2.41. The van der Waals surface area contributed by atoms with Crippen LogP contribution in [0.2, 0.25) is 0 Å². The van der Waals surface area contributed by atoms with Gasteiger partial charge in [-0.2, -0.15) is 0 Å². The number of hydrogen-bond acceptors (Lipinski definition) is 0. The van der Waals surface area contributed by atoms with Crippen molar-refractivity contribution in [2.45, 2.75) is 45.1 Å². The number of nitrogens with zero attached hydrogens (tertiary/aromatic N) is 1. The Balaban J connectivity index is 0. The molecule has 0 saturated carbocycles. The molecule has 0 aliphatic rings. The Kier molecular flexibility index (Phi) is 9.60. The topological polar surface area (TPSA) is 0 Å². The average molecular weight is 337 g/mol. The molecule has 0 amide bonds. The molecule has 0 N–H and O–H groups in total. The van der Waals surface area contributed by atoms with Gasteiger partial charge in [-0.25, -0.2) is 0 Å². The maximum absolute atomic E-state index is 3.91. The Bertz CT molecular complexity index is 199. The summed E-state index contributed by atoms with van der Waals surface area (Å²) in [5.74, 6) is 0. The molecule has 0 aromatic carbocycles. The molecule has 0 spiro atoms. The highest BCUT2D eigenvalue weighted by molar-refractivity contribution is 4.93. The van der Waals surface area contributed by atoms with E-state index in [1.807, 2.05) is 0 Å². The molecule has 0 saturated heterocycles. The van der Waals surface area contributed by atoms with E-state index in [9.17, 15) is 0 Å². The summed E-state index contributed by atoms with van der Waals surface area (Å²) in [6, 6.07) is 0. The van der Waals surface area contributed by atoms with Crippen LogP contribution in [0.25, 0.3) is 0 Å². The van der Waals surface area contributed by atoms with Crippen molar-refractivity contribution in [1.82, 2.24) is 0 Å². The molecule has 96 valence electrons. The van der Waals surface area contributed by atoms with Crippen molar-refractivity contribution in [3.05, 3.63) is 25.3 Å². The lowest BCUT2D eigenvalue weighted by Gasteiger charge is -2.48. The number of rotatable bonds is 8. The predicted molar refractivity (Wildman–Crippen MR) is 69.9 cm³/mol. The minimum Gasteiger partial charge on any atom is -1.00 e. The van der Waals surface area contributed by atoms with Crippen LogP contribution < -0.4 is 24.0 Å². The minimum atomic E-state index is 0. The van der Waals surface area contributed by atoms with Crippen LogP contribution in [-0.4, -0.2) is 30.7 Å². The minimum absolute atomic E-state index is 0. The van der Waals surface area contributed by atoms with E-state index in [2.05, 4.69) is 53.3 Å². The second-order valence-corrected chi connectivity index (χ2v) is 4.97. The summed E-state index contributed by atoms with van der Waals surface area (Å²) in [4.78, 5) is 0. The standard InChI is InChI=1S/C14H28N.HI/c1-7-11-14(10-4,12-8-2)15(5,6)13-9-3;/h7-8H,1-2,9-13H2,3-6H3;1H/q+1;/p-1. The highest BCUT2D eigenvalue weighted by Crippen LogP contribution is 2.33. The van der Waals surface area contributed by atoms with Crippen molar-refractivity contribution in [1.29, 1.82) is 0 Å². The van der Waals surface area contributed by atoms with E-state index in [1.165, 1.54) is 19.4 Å². The zero-order valence-corrected chi connectivity index (χ0v) is 13.6. The Labute approximate surface area is 119 Å². The third kappa shape index (κ3) is 4.21. The second-order valence-electron chi connectivity index (χ2n) is 4.97. The molecule has 16 heavy (non-hydrogen) atoms. The summed E-state index contributed by atoms with van der Waals surface area (Å²) in [6.45, 7) is 13.6. The normalized spacial score (nSPS) is 11.8. The lowest BCUT2D eigenvalue weighted by molar-refractivity contribution is -0.942. The summed E-state index contributed by atoms with van der Waals surface area (Å²) >= 11 is 0. The molecule has 0 fully saturated rings. The molecule has 0 aromatic heterocycles. The monoisotopic (exact) mass is 337 g/mol. The summed E-state index contributed by atoms with van der Waals surface area (Å²) in [6.07, 6.45) is 8.66. The smallest absolute Gasteiger partial charge is 0.105 e. The zero-order chi connectivity index (χ0) is 11.9. The van der Waals surface area contributed by atoms with Gasteiger partial charge in [-0.1, -0.05) is 26.0 Å². The van der Waals surface area contributed by atoms with Crippen molar-refractivity contribution < 1.29 is 28.5 Å². The van der Waals surface area contributed by atoms with Crippen molar-refractivity contribution in [3.63, 3.8) is 0 Å². The van der Waals surface area contributed by atoms with E-state index < -0.39 is 0 Å². The average Bonchev–Trinajstić information content (AvgIpc) is 2.17. The van der Waals surface area contributed by atoms with Crippen molar-refractivity contribution in [2.75, 3.05) is 20.6 Å². The molecule has 0 radical (unpaired) electrons. The first-order chi connectivity index (χ1) is 6.99. The SMILES string of the molecule is C=CCC(CC)(CC=C)[N+](C)(C)CCC.[I-]. The van der Waals surface area contributed by atoms with Gasteiger partial charge in [0, 0.05) is 19.3 Å². The molecule has 0 aliphatic heterocycles. The quantitative estimate of drug-likeness (QED) is 0.349. The fourth-order valence-electron chi connectivity index (χ4n) is 2.63. The molecule has 2 heteroatoms. The van der Waals surface area contributed by atoms with Crippen molar-refractivity contribution in [2.24, 2.45) is 0 Å². The molecule has 0 atom stereocenters. The maximum atomic E-state index is 3.91. The van der Waals surface area contributed by atoms with Crippen molar-refractivity contribution >= 4 is 0 Å². The van der Waals surface area contributed by atoms with E-state index in [0.29, 0.717) is 5.54 Å². The highest BCUT2D eigenvalue weighted by atomic mass is 127. The van der Waals surface area contributed by atoms with Crippen LogP contribution in [0.5, 0.6) is 0 Å². The van der Waals surface area contributed by atoms with Gasteiger partial charge in [0.25, 0.3) is 0 Å². The van der Waals surface area contributed by atoms with E-state index >= 15 is 0 Å². The second kappa shape index (κ2) is 8.29. The summed E-state index contributed by atoms with van der Waals surface area (Å²) in [5, 5.41) is 0. The molecule has 1 nitrogen and oxygen atoms in total. The summed E-state index contributed by atoms with van der Waals surface area (Å²) < 4.78 is 1.07. The molecule has 0 unspecified atom stereocenters. The van der Waals surface area contributed by atoms with Crippen LogP contribution in [0.4, 0.5) is 0 Å². The Morgan fingerprint density at radius 2 is 1.50 bits per heavy atom. The van der Waals surface area contributed by atoms with Crippen LogP contribution in [0.3, 0.4) is 0 Å². The lowest BCUT2D eigenvalue weighted by Crippen LogP contribution is -3.00. The van der Waals surface area contributed by atoms with Crippen LogP contribution in [-0.2, 0) is 0 Å². The van der Waals surface area contributed by atoms with Gasteiger partial charge in [-0.15, -0.1) is 13.2 Å². The molecule has 0 aliphatic carbocycles. The van der Waals surface area contributed by atoms with Gasteiger partial charge in [0.2, 0.25) is 0 Å². The van der Waals surface area contributed by atoms with Crippen LogP contribution >= 0.6 is 0 Å². The molecule has 0 bridgehead atoms. The molecular formula is C14H28IN. The largest absolute Gasteiger partial charge is 1.00 e. The number of hydrogen-bond donors (Lipinski definition) is 0. The number of quaternary nitrogens is 1. The first-order valence-electron chi connectivity index (χ1n) is 6.04. The van der Waals surface area contributed by atoms with E-state index in [-0.39, 0.29) is 24.0 Å². The van der Waals surface area contributed by atoms with Gasteiger partial charge in [-0.3, -0.25) is 0 Å². The van der Waals surface area contributed by atoms with Gasteiger partial charge in [-0.05, 0) is 6.42 Å². The fourth-order valence-corrected chi connectivity index (χ4v) is 2.63. The van der Waals surface area contributed by atoms with Crippen LogP contribution in [0.15, 0.2) is 25.3 Å². The fraction of sp³-hybridized carbons (Fsp3) is 0.714. The first kappa shape index (κ1) is 18.5. The molecule has 0 heterocycles. The van der Waals surface area contributed by atoms with Gasteiger partial charge in [0.05, 0.1) is 20.6 Å². The summed E-state index contributed by atoms with van der Waals surface area (Å²) in [5.41, 5.74) is 0.291. The van der Waals surface area contributed by atoms with E-state index in [1.54, 1.807) is 0 Å². The van der Waals surface area contributed by atoms with Crippen molar-refractivity contribution in [3.8, 4) is 0 Å². The molecule has 0 aromatic rings. The Morgan fingerprint density at radius 1 is 1.06 bits per heavy atom. The Hall–Kier alpha value is 0.170. The molecular weight excluding hydrogens is 309 g/mol. The van der Waals surface area contributed by atoms with Gasteiger partial charge in [0.15, 0.2) is 0 Å². The summed E-state index contributed by atoms with van der Waals surface area (Å²) in [7, 11) is 4.67. The van der Waals surface area contributed by atoms with E-state index in [4.69, 9.17) is 0 Å². The number of halogens is 1. The third-order valence-electron chi connectivity index (χ3n) is 3.77. The van der Waals surface area contributed by atoms with Gasteiger partial charge >= 0.3 is 0 Å². The van der Waals surface area contributed by atoms with Crippen LogP contribution in [0, 0.1) is 0 Å². The van der Waals surface area contributed by atoms with Crippen LogP contribution in [0.1, 0.15) is 39.5 Å². The maximum Gasteiger partial charge on any atom is 0.105 e. The zero-order valence-electron chi connectivity index (χ0n) is 11.4. The molecule has 0 rings (SSSR count). The van der Waals surface area contributed by atoms with Gasteiger partial charge in [0.1, 0.15) is 5.54 Å². The Morgan fingerprint density at radius 3 is 1.75 bits per heavy atom. The third-order valence-corrected chi connectivity index (χ3v) is 3.77. The predicted octanol–water partition coefficient (Wildman–Crippen LogP) is 0.778. The lowest BCUT2D eigenvalue weighted by atomic mass is 9.84. The van der Waals surface area contributed by atoms with E-state index in [0.717, 1.165) is 17.3 Å².